The van der Waals surface area contributed by atoms with Gasteiger partial charge in [-0.2, -0.15) is 0 Å². The SMILES string of the molecule is O=C(CCN1C(=O)NC2(CCCC2)C1=O)NCCc1cc(F)cc(F)c1. The lowest BCUT2D eigenvalue weighted by Gasteiger charge is -2.19. The van der Waals surface area contributed by atoms with E-state index in [0.29, 0.717) is 18.4 Å². The van der Waals surface area contributed by atoms with E-state index in [1.165, 1.54) is 12.1 Å². The zero-order valence-electron chi connectivity index (χ0n) is 14.3. The molecule has 2 N–H and O–H groups in total. The van der Waals surface area contributed by atoms with Gasteiger partial charge in [0.15, 0.2) is 0 Å². The van der Waals surface area contributed by atoms with Crippen molar-refractivity contribution >= 4 is 17.8 Å². The zero-order valence-corrected chi connectivity index (χ0v) is 14.3. The van der Waals surface area contributed by atoms with E-state index in [0.717, 1.165) is 23.8 Å². The van der Waals surface area contributed by atoms with Crippen molar-refractivity contribution in [2.75, 3.05) is 13.1 Å². The molecule has 1 aliphatic carbocycles. The Morgan fingerprint density at radius 3 is 2.46 bits per heavy atom. The van der Waals surface area contributed by atoms with Crippen molar-refractivity contribution in [1.82, 2.24) is 15.5 Å². The smallest absolute Gasteiger partial charge is 0.325 e. The monoisotopic (exact) mass is 365 g/mol. The van der Waals surface area contributed by atoms with Gasteiger partial charge in [-0.1, -0.05) is 12.8 Å². The molecule has 3 rings (SSSR count). The zero-order chi connectivity index (χ0) is 18.7. The van der Waals surface area contributed by atoms with Crippen LogP contribution in [-0.4, -0.2) is 41.4 Å². The van der Waals surface area contributed by atoms with E-state index in [2.05, 4.69) is 10.6 Å². The maximum atomic E-state index is 13.1. The first kappa shape index (κ1) is 18.3. The van der Waals surface area contributed by atoms with E-state index in [9.17, 15) is 23.2 Å². The minimum atomic E-state index is -0.769. The van der Waals surface area contributed by atoms with Crippen molar-refractivity contribution < 1.29 is 23.2 Å². The molecule has 0 atom stereocenters. The highest BCUT2D eigenvalue weighted by atomic mass is 19.1. The van der Waals surface area contributed by atoms with Crippen molar-refractivity contribution in [3.05, 3.63) is 35.4 Å². The lowest BCUT2D eigenvalue weighted by molar-refractivity contribution is -0.131. The number of urea groups is 1. The molecule has 1 saturated heterocycles. The minimum absolute atomic E-state index is 0.00719. The topological polar surface area (TPSA) is 78.5 Å². The quantitative estimate of drug-likeness (QED) is 0.756. The number of carbonyl (C=O) groups is 3. The van der Waals surface area contributed by atoms with Crippen molar-refractivity contribution in [3.8, 4) is 0 Å². The van der Waals surface area contributed by atoms with Crippen LogP contribution in [0.25, 0.3) is 0 Å². The summed E-state index contributed by atoms with van der Waals surface area (Å²) in [5, 5.41) is 5.39. The number of benzene rings is 1. The maximum Gasteiger partial charge on any atom is 0.325 e. The Morgan fingerprint density at radius 1 is 1.15 bits per heavy atom. The lowest BCUT2D eigenvalue weighted by Crippen LogP contribution is -2.44. The normalized spacial score (nSPS) is 18.5. The molecule has 1 aromatic carbocycles. The largest absolute Gasteiger partial charge is 0.356 e. The molecule has 0 bridgehead atoms. The van der Waals surface area contributed by atoms with Gasteiger partial charge >= 0.3 is 6.03 Å². The first-order chi connectivity index (χ1) is 12.4. The summed E-state index contributed by atoms with van der Waals surface area (Å²) in [5.74, 6) is -1.89. The molecule has 26 heavy (non-hydrogen) atoms. The first-order valence-corrected chi connectivity index (χ1v) is 8.75. The summed E-state index contributed by atoms with van der Waals surface area (Å²) in [6.45, 7) is 0.235. The summed E-state index contributed by atoms with van der Waals surface area (Å²) in [6, 6.07) is 2.77. The number of hydrogen-bond acceptors (Lipinski definition) is 3. The van der Waals surface area contributed by atoms with Crippen LogP contribution in [0.4, 0.5) is 13.6 Å². The van der Waals surface area contributed by atoms with E-state index < -0.39 is 23.2 Å². The van der Waals surface area contributed by atoms with Crippen molar-refractivity contribution in [1.29, 1.82) is 0 Å². The Bertz CT molecular complexity index is 712. The summed E-state index contributed by atoms with van der Waals surface area (Å²) in [4.78, 5) is 37.5. The van der Waals surface area contributed by atoms with Gasteiger partial charge in [0.2, 0.25) is 5.91 Å². The van der Waals surface area contributed by atoms with Crippen molar-refractivity contribution in [2.24, 2.45) is 0 Å². The standard InChI is InChI=1S/C18H21F2N3O3/c19-13-9-12(10-14(20)11-13)3-7-21-15(24)4-8-23-16(25)18(22-17(23)26)5-1-2-6-18/h9-11H,1-8H2,(H,21,24)(H,22,26). The Hall–Kier alpha value is -2.51. The van der Waals surface area contributed by atoms with Crippen LogP contribution >= 0.6 is 0 Å². The molecule has 4 amide bonds. The first-order valence-electron chi connectivity index (χ1n) is 8.75. The number of nitrogens with zero attached hydrogens (tertiary/aromatic N) is 1. The summed E-state index contributed by atoms with van der Waals surface area (Å²) in [7, 11) is 0. The molecule has 1 spiro atoms. The van der Waals surface area contributed by atoms with E-state index in [1.54, 1.807) is 0 Å². The average molecular weight is 365 g/mol. The van der Waals surface area contributed by atoms with Crippen LogP contribution < -0.4 is 10.6 Å². The number of nitrogens with one attached hydrogen (secondary N) is 2. The summed E-state index contributed by atoms with van der Waals surface area (Å²) < 4.78 is 26.2. The second kappa shape index (κ2) is 7.39. The minimum Gasteiger partial charge on any atom is -0.356 e. The summed E-state index contributed by atoms with van der Waals surface area (Å²) in [6.07, 6.45) is 3.37. The molecule has 140 valence electrons. The van der Waals surface area contributed by atoms with Gasteiger partial charge in [-0.3, -0.25) is 14.5 Å². The predicted molar refractivity (Wildman–Crippen MR) is 89.1 cm³/mol. The second-order valence-electron chi connectivity index (χ2n) is 6.80. The van der Waals surface area contributed by atoms with E-state index in [1.807, 2.05) is 0 Å². The molecule has 6 nitrogen and oxygen atoms in total. The number of carbonyl (C=O) groups excluding carboxylic acids is 3. The van der Waals surface area contributed by atoms with Crippen LogP contribution in [0.5, 0.6) is 0 Å². The molecule has 8 heteroatoms. The van der Waals surface area contributed by atoms with Crippen LogP contribution in [0.15, 0.2) is 18.2 Å². The van der Waals surface area contributed by atoms with Crippen LogP contribution in [0, 0.1) is 11.6 Å². The molecule has 2 fully saturated rings. The number of hydrogen-bond donors (Lipinski definition) is 2. The molecule has 2 aliphatic rings. The lowest BCUT2D eigenvalue weighted by atomic mass is 9.98. The third-order valence-electron chi connectivity index (χ3n) is 4.92. The van der Waals surface area contributed by atoms with Crippen LogP contribution in [-0.2, 0) is 16.0 Å². The van der Waals surface area contributed by atoms with E-state index in [4.69, 9.17) is 0 Å². The van der Waals surface area contributed by atoms with Gasteiger partial charge in [-0.25, -0.2) is 13.6 Å². The van der Waals surface area contributed by atoms with Gasteiger partial charge in [0.25, 0.3) is 5.91 Å². The Labute approximate surface area is 149 Å². The highest BCUT2D eigenvalue weighted by Gasteiger charge is 2.52. The summed E-state index contributed by atoms with van der Waals surface area (Å²) >= 11 is 0. The third-order valence-corrected chi connectivity index (χ3v) is 4.92. The van der Waals surface area contributed by atoms with Crippen molar-refractivity contribution in [3.63, 3.8) is 0 Å². The van der Waals surface area contributed by atoms with Crippen LogP contribution in [0.2, 0.25) is 0 Å². The Morgan fingerprint density at radius 2 is 1.81 bits per heavy atom. The molecule has 1 aliphatic heterocycles. The maximum absolute atomic E-state index is 13.1. The third kappa shape index (κ3) is 3.84. The number of imide groups is 1. The predicted octanol–water partition coefficient (Wildman–Crippen LogP) is 1.88. The number of amides is 4. The molecular formula is C18H21F2N3O3. The molecule has 1 heterocycles. The van der Waals surface area contributed by atoms with Gasteiger partial charge in [0, 0.05) is 25.6 Å². The molecule has 0 unspecified atom stereocenters. The number of halogens is 2. The molecule has 0 radical (unpaired) electrons. The highest BCUT2D eigenvalue weighted by molar-refractivity contribution is 6.07. The van der Waals surface area contributed by atoms with E-state index in [-0.39, 0.29) is 37.7 Å². The van der Waals surface area contributed by atoms with Crippen LogP contribution in [0.1, 0.15) is 37.7 Å². The fraction of sp³-hybridized carbons (Fsp3) is 0.500. The second-order valence-corrected chi connectivity index (χ2v) is 6.80. The van der Waals surface area contributed by atoms with Gasteiger partial charge in [0.05, 0.1) is 0 Å². The Kier molecular flexibility index (Phi) is 5.20. The van der Waals surface area contributed by atoms with Gasteiger partial charge in [0.1, 0.15) is 17.2 Å². The molecular weight excluding hydrogens is 344 g/mol. The van der Waals surface area contributed by atoms with Gasteiger partial charge in [-0.15, -0.1) is 0 Å². The Balaban J connectivity index is 1.44. The fourth-order valence-electron chi connectivity index (χ4n) is 3.60. The number of rotatable bonds is 6. The van der Waals surface area contributed by atoms with Gasteiger partial charge in [-0.05, 0) is 37.0 Å². The van der Waals surface area contributed by atoms with Gasteiger partial charge < -0.3 is 10.6 Å². The molecule has 1 aromatic rings. The average Bonchev–Trinajstić information content (AvgIpc) is 3.11. The molecule has 1 saturated carbocycles. The summed E-state index contributed by atoms with van der Waals surface area (Å²) in [5.41, 5.74) is -0.324. The molecule has 0 aromatic heterocycles. The van der Waals surface area contributed by atoms with Crippen molar-refractivity contribution in [2.45, 2.75) is 44.1 Å². The van der Waals surface area contributed by atoms with E-state index >= 15 is 0 Å². The van der Waals surface area contributed by atoms with Crippen LogP contribution in [0.3, 0.4) is 0 Å². The fourth-order valence-corrected chi connectivity index (χ4v) is 3.60. The highest BCUT2D eigenvalue weighted by Crippen LogP contribution is 2.34.